The molecule has 0 aromatic rings. The van der Waals surface area contributed by atoms with Gasteiger partial charge in [-0.2, -0.15) is 0 Å². The van der Waals surface area contributed by atoms with E-state index in [1.807, 2.05) is 0 Å². The van der Waals surface area contributed by atoms with Crippen LogP contribution >= 0.6 is 0 Å². The molecule has 1 amide bonds. The van der Waals surface area contributed by atoms with Crippen molar-refractivity contribution in [3.8, 4) is 0 Å². The third-order valence-corrected chi connectivity index (χ3v) is 5.30. The zero-order valence-corrected chi connectivity index (χ0v) is 17.3. The van der Waals surface area contributed by atoms with Crippen LogP contribution in [0.15, 0.2) is 0 Å². The SMILES string of the molecule is CC(C)C1CC[C@@H](C)C[C@H]1C(=O)NC[C@H](N)[C@@H](C)O.C[C@@H](O)[C@H](N)C(=O)O. The maximum Gasteiger partial charge on any atom is 0.323 e. The number of rotatable bonds is 7. The molecule has 0 aromatic carbocycles. The lowest BCUT2D eigenvalue weighted by atomic mass is 9.70. The minimum Gasteiger partial charge on any atom is -0.480 e. The number of hydrogen-bond acceptors (Lipinski definition) is 6. The lowest BCUT2D eigenvalue weighted by Gasteiger charge is -2.36. The highest BCUT2D eigenvalue weighted by molar-refractivity contribution is 5.79. The van der Waals surface area contributed by atoms with Crippen molar-refractivity contribution in [3.63, 3.8) is 0 Å². The van der Waals surface area contributed by atoms with Gasteiger partial charge < -0.3 is 32.1 Å². The van der Waals surface area contributed by atoms with Crippen molar-refractivity contribution in [2.24, 2.45) is 35.1 Å². The molecule has 1 rings (SSSR count). The summed E-state index contributed by atoms with van der Waals surface area (Å²) in [7, 11) is 0. The largest absolute Gasteiger partial charge is 0.480 e. The number of carboxylic acids is 1. The van der Waals surface area contributed by atoms with Gasteiger partial charge in [-0.25, -0.2) is 0 Å². The van der Waals surface area contributed by atoms with Crippen LogP contribution < -0.4 is 16.8 Å². The number of aliphatic hydroxyl groups excluding tert-OH is 2. The zero-order chi connectivity index (χ0) is 21.3. The van der Waals surface area contributed by atoms with Crippen LogP contribution in [0, 0.1) is 23.7 Å². The van der Waals surface area contributed by atoms with Gasteiger partial charge in [-0.3, -0.25) is 9.59 Å². The van der Waals surface area contributed by atoms with Crippen molar-refractivity contribution in [1.82, 2.24) is 5.32 Å². The summed E-state index contributed by atoms with van der Waals surface area (Å²) in [4.78, 5) is 22.2. The molecule has 0 aromatic heterocycles. The molecule has 0 radical (unpaired) electrons. The molecule has 1 fully saturated rings. The number of carbonyl (C=O) groups is 2. The summed E-state index contributed by atoms with van der Waals surface area (Å²) in [5.41, 5.74) is 10.7. The molecule has 160 valence electrons. The Labute approximate surface area is 162 Å². The first-order valence-electron chi connectivity index (χ1n) is 9.76. The Balaban J connectivity index is 0.000000713. The number of aliphatic hydroxyl groups is 2. The Morgan fingerprint density at radius 1 is 1.07 bits per heavy atom. The number of amides is 1. The fraction of sp³-hybridized carbons (Fsp3) is 0.895. The van der Waals surface area contributed by atoms with E-state index in [0.717, 1.165) is 12.8 Å². The minimum absolute atomic E-state index is 0.102. The summed E-state index contributed by atoms with van der Waals surface area (Å²) in [6, 6.07) is -1.54. The van der Waals surface area contributed by atoms with E-state index >= 15 is 0 Å². The smallest absolute Gasteiger partial charge is 0.323 e. The van der Waals surface area contributed by atoms with Crippen molar-refractivity contribution in [2.75, 3.05) is 6.54 Å². The molecule has 7 atom stereocenters. The molecule has 1 aliphatic carbocycles. The van der Waals surface area contributed by atoms with E-state index in [1.165, 1.54) is 13.3 Å². The van der Waals surface area contributed by atoms with Gasteiger partial charge in [-0.1, -0.05) is 27.2 Å². The van der Waals surface area contributed by atoms with E-state index in [0.29, 0.717) is 24.3 Å². The Kier molecular flexibility index (Phi) is 11.7. The molecule has 0 spiro atoms. The molecule has 8 heteroatoms. The molecule has 8 nitrogen and oxygen atoms in total. The maximum atomic E-state index is 12.3. The quantitative estimate of drug-likeness (QED) is 0.365. The highest BCUT2D eigenvalue weighted by atomic mass is 16.4. The van der Waals surface area contributed by atoms with Crippen LogP contribution in [-0.4, -0.2) is 58.0 Å². The van der Waals surface area contributed by atoms with Crippen LogP contribution in [0.2, 0.25) is 0 Å². The molecule has 0 heterocycles. The average Bonchev–Trinajstić information content (AvgIpc) is 2.58. The Morgan fingerprint density at radius 2 is 1.63 bits per heavy atom. The Hall–Kier alpha value is -1.22. The number of nitrogens with two attached hydrogens (primary N) is 2. The van der Waals surface area contributed by atoms with E-state index in [9.17, 15) is 14.7 Å². The van der Waals surface area contributed by atoms with Crippen molar-refractivity contribution < 1.29 is 24.9 Å². The molecule has 1 saturated carbocycles. The fourth-order valence-electron chi connectivity index (χ4n) is 3.23. The minimum atomic E-state index is -1.18. The summed E-state index contributed by atoms with van der Waals surface area (Å²) in [6.07, 6.45) is 1.76. The van der Waals surface area contributed by atoms with Crippen molar-refractivity contribution in [3.05, 3.63) is 0 Å². The highest BCUT2D eigenvalue weighted by Gasteiger charge is 2.35. The van der Waals surface area contributed by atoms with Crippen LogP contribution in [0.1, 0.15) is 53.9 Å². The second kappa shape index (κ2) is 12.3. The van der Waals surface area contributed by atoms with Gasteiger partial charge in [0.1, 0.15) is 6.04 Å². The zero-order valence-electron chi connectivity index (χ0n) is 17.3. The van der Waals surface area contributed by atoms with Gasteiger partial charge in [-0.15, -0.1) is 0 Å². The van der Waals surface area contributed by atoms with Crippen molar-refractivity contribution >= 4 is 11.9 Å². The summed E-state index contributed by atoms with van der Waals surface area (Å²) in [5.74, 6) is 0.662. The monoisotopic (exact) mass is 389 g/mol. The second-order valence-electron chi connectivity index (χ2n) is 8.19. The van der Waals surface area contributed by atoms with Crippen molar-refractivity contribution in [1.29, 1.82) is 0 Å². The fourth-order valence-corrected chi connectivity index (χ4v) is 3.23. The molecule has 0 bridgehead atoms. The van der Waals surface area contributed by atoms with E-state index in [-0.39, 0.29) is 17.9 Å². The van der Waals surface area contributed by atoms with Gasteiger partial charge in [0.05, 0.1) is 12.2 Å². The highest BCUT2D eigenvalue weighted by Crippen LogP contribution is 2.38. The third kappa shape index (κ3) is 9.51. The number of carboxylic acid groups (broad SMARTS) is 1. The molecule has 0 saturated heterocycles. The van der Waals surface area contributed by atoms with Gasteiger partial charge in [0.25, 0.3) is 0 Å². The van der Waals surface area contributed by atoms with Gasteiger partial charge in [-0.05, 0) is 44.4 Å². The molecule has 8 N–H and O–H groups in total. The van der Waals surface area contributed by atoms with Crippen LogP contribution in [-0.2, 0) is 9.59 Å². The van der Waals surface area contributed by atoms with E-state index in [4.69, 9.17) is 21.7 Å². The first kappa shape index (κ1) is 25.8. The van der Waals surface area contributed by atoms with E-state index in [1.54, 1.807) is 6.92 Å². The average molecular weight is 390 g/mol. The van der Waals surface area contributed by atoms with Gasteiger partial charge in [0.15, 0.2) is 0 Å². The summed E-state index contributed by atoms with van der Waals surface area (Å²) in [5, 5.41) is 28.8. The molecular weight excluding hydrogens is 350 g/mol. The first-order valence-corrected chi connectivity index (χ1v) is 9.76. The summed E-state index contributed by atoms with van der Waals surface area (Å²) >= 11 is 0. The molecule has 1 unspecified atom stereocenters. The molecular formula is C19H39N3O5. The molecule has 1 aliphatic rings. The topological polar surface area (TPSA) is 159 Å². The predicted molar refractivity (Wildman–Crippen MR) is 105 cm³/mol. The number of hydrogen-bond donors (Lipinski definition) is 6. The van der Waals surface area contributed by atoms with E-state index < -0.39 is 24.2 Å². The lowest BCUT2D eigenvalue weighted by Crippen LogP contribution is -2.47. The normalized spacial score (nSPS) is 27.0. The third-order valence-electron chi connectivity index (χ3n) is 5.30. The van der Waals surface area contributed by atoms with Gasteiger partial charge >= 0.3 is 5.97 Å². The van der Waals surface area contributed by atoms with Crippen LogP contribution in [0.3, 0.4) is 0 Å². The van der Waals surface area contributed by atoms with Crippen LogP contribution in [0.5, 0.6) is 0 Å². The van der Waals surface area contributed by atoms with E-state index in [2.05, 4.69) is 26.1 Å². The van der Waals surface area contributed by atoms with Gasteiger partial charge in [0.2, 0.25) is 5.91 Å². The first-order chi connectivity index (χ1) is 12.4. The predicted octanol–water partition coefficient (Wildman–Crippen LogP) is 0.298. The van der Waals surface area contributed by atoms with Gasteiger partial charge in [0, 0.05) is 18.5 Å². The molecule has 0 aliphatic heterocycles. The van der Waals surface area contributed by atoms with Crippen LogP contribution in [0.25, 0.3) is 0 Å². The number of carbonyl (C=O) groups excluding carboxylic acids is 1. The maximum absolute atomic E-state index is 12.3. The van der Waals surface area contributed by atoms with Crippen molar-refractivity contribution in [2.45, 2.75) is 78.2 Å². The summed E-state index contributed by atoms with van der Waals surface area (Å²) in [6.45, 7) is 9.95. The number of aliphatic carboxylic acids is 1. The Bertz CT molecular complexity index is 457. The second-order valence-corrected chi connectivity index (χ2v) is 8.19. The summed E-state index contributed by atoms with van der Waals surface area (Å²) < 4.78 is 0. The Morgan fingerprint density at radius 3 is 2.00 bits per heavy atom. The number of nitrogens with one attached hydrogen (secondary N) is 1. The molecule has 27 heavy (non-hydrogen) atoms. The van der Waals surface area contributed by atoms with Crippen LogP contribution in [0.4, 0.5) is 0 Å². The standard InChI is InChI=1S/C15H30N2O2.C4H9NO3/c1-9(2)12-6-5-10(3)7-13(12)15(19)17-8-14(16)11(4)18;1-2(6)3(5)4(7)8/h9-14,18H,5-8,16H2,1-4H3,(H,17,19);2-3,6H,5H2,1H3,(H,7,8)/t10-,11-,12?,13-,14+;2-,3+/m11/s1. The lowest BCUT2D eigenvalue weighted by molar-refractivity contribution is -0.140.